The number of aromatic nitrogens is 2. The topological polar surface area (TPSA) is 55.1 Å². The van der Waals surface area contributed by atoms with Crippen molar-refractivity contribution in [1.29, 1.82) is 0 Å². The lowest BCUT2D eigenvalue weighted by Crippen LogP contribution is -2.05. The van der Waals surface area contributed by atoms with Crippen molar-refractivity contribution in [3.8, 4) is 0 Å². The number of carbonyl (C=O) groups is 1. The number of benzene rings is 1. The minimum absolute atomic E-state index is 0.0588. The molecule has 0 saturated carbocycles. The summed E-state index contributed by atoms with van der Waals surface area (Å²) in [5, 5.41) is 8.78. The van der Waals surface area contributed by atoms with E-state index in [1.165, 1.54) is 29.1 Å². The van der Waals surface area contributed by atoms with E-state index in [1.54, 1.807) is 0 Å². The summed E-state index contributed by atoms with van der Waals surface area (Å²) in [7, 11) is 0. The smallest absolute Gasteiger partial charge is 0.335 e. The second kappa shape index (κ2) is 3.88. The van der Waals surface area contributed by atoms with Crippen LogP contribution in [0.1, 0.15) is 10.4 Å². The highest BCUT2D eigenvalue weighted by atomic mass is 19.3. The third-order valence-electron chi connectivity index (χ3n) is 2.20. The van der Waals surface area contributed by atoms with Crippen LogP contribution in [0.3, 0.4) is 0 Å². The first-order valence-corrected chi connectivity index (χ1v) is 4.54. The standard InChI is InChI=1S/C10H8F2N2O2/c11-9(12)4-14-5-13-7-2-1-6(10(15)16)3-8(7)14/h1-3,5,9H,4H2,(H,15,16). The molecule has 2 rings (SSSR count). The Morgan fingerprint density at radius 3 is 2.88 bits per heavy atom. The van der Waals surface area contributed by atoms with Crippen LogP contribution in [0.25, 0.3) is 11.0 Å². The minimum Gasteiger partial charge on any atom is -0.478 e. The first-order valence-electron chi connectivity index (χ1n) is 4.54. The molecule has 0 fully saturated rings. The Hall–Kier alpha value is -1.98. The predicted octanol–water partition coefficient (Wildman–Crippen LogP) is 2.00. The number of fused-ring (bicyclic) bond motifs is 1. The number of carboxylic acid groups (broad SMARTS) is 1. The van der Waals surface area contributed by atoms with Gasteiger partial charge in [0.05, 0.1) is 29.5 Å². The average molecular weight is 226 g/mol. The summed E-state index contributed by atoms with van der Waals surface area (Å²) in [6.07, 6.45) is -1.21. The van der Waals surface area contributed by atoms with Crippen LogP contribution in [0.4, 0.5) is 8.78 Å². The molecule has 1 aromatic heterocycles. The van der Waals surface area contributed by atoms with Gasteiger partial charge in [-0.15, -0.1) is 0 Å². The largest absolute Gasteiger partial charge is 0.478 e. The van der Waals surface area contributed by atoms with Crippen molar-refractivity contribution in [3.05, 3.63) is 30.1 Å². The van der Waals surface area contributed by atoms with Crippen LogP contribution in [0.5, 0.6) is 0 Å². The van der Waals surface area contributed by atoms with E-state index in [-0.39, 0.29) is 5.56 Å². The molecule has 0 aliphatic rings. The summed E-state index contributed by atoms with van der Waals surface area (Å²) in [6.45, 7) is -0.487. The molecule has 1 aromatic carbocycles. The number of aromatic carboxylic acids is 1. The Labute approximate surface area is 89.1 Å². The van der Waals surface area contributed by atoms with Gasteiger partial charge in [0.15, 0.2) is 0 Å². The Bertz CT molecular complexity index is 537. The highest BCUT2D eigenvalue weighted by molar-refractivity contribution is 5.92. The molecule has 4 nitrogen and oxygen atoms in total. The Morgan fingerprint density at radius 1 is 1.50 bits per heavy atom. The molecule has 0 aliphatic carbocycles. The van der Waals surface area contributed by atoms with Crippen molar-refractivity contribution in [3.63, 3.8) is 0 Å². The normalized spacial score (nSPS) is 11.2. The maximum atomic E-state index is 12.2. The number of nitrogens with zero attached hydrogens (tertiary/aromatic N) is 2. The van der Waals surface area contributed by atoms with Crippen molar-refractivity contribution in [2.75, 3.05) is 0 Å². The van der Waals surface area contributed by atoms with Crippen molar-refractivity contribution in [2.24, 2.45) is 0 Å². The maximum absolute atomic E-state index is 12.2. The van der Waals surface area contributed by atoms with Gasteiger partial charge < -0.3 is 9.67 Å². The van der Waals surface area contributed by atoms with E-state index in [0.29, 0.717) is 11.0 Å². The summed E-state index contributed by atoms with van der Waals surface area (Å²) < 4.78 is 25.7. The Morgan fingerprint density at radius 2 is 2.25 bits per heavy atom. The molecule has 6 heteroatoms. The Kier molecular flexibility index (Phi) is 2.55. The van der Waals surface area contributed by atoms with Gasteiger partial charge in [0.25, 0.3) is 6.43 Å². The van der Waals surface area contributed by atoms with Crippen molar-refractivity contribution in [1.82, 2.24) is 9.55 Å². The number of imidazole rings is 1. The molecule has 0 bridgehead atoms. The molecular weight excluding hydrogens is 218 g/mol. The molecule has 2 aromatic rings. The number of alkyl halides is 2. The number of rotatable bonds is 3. The average Bonchev–Trinajstić information content (AvgIpc) is 2.60. The van der Waals surface area contributed by atoms with Crippen LogP contribution < -0.4 is 0 Å². The molecular formula is C10H8F2N2O2. The summed E-state index contributed by atoms with van der Waals surface area (Å²) >= 11 is 0. The van der Waals surface area contributed by atoms with Crippen LogP contribution in [-0.4, -0.2) is 27.1 Å². The van der Waals surface area contributed by atoms with E-state index in [4.69, 9.17) is 5.11 Å². The van der Waals surface area contributed by atoms with Crippen LogP contribution in [0, 0.1) is 0 Å². The zero-order valence-corrected chi connectivity index (χ0v) is 8.10. The predicted molar refractivity (Wildman–Crippen MR) is 52.7 cm³/mol. The number of hydrogen-bond acceptors (Lipinski definition) is 2. The summed E-state index contributed by atoms with van der Waals surface area (Å²) in [5.41, 5.74) is 0.967. The van der Waals surface area contributed by atoms with E-state index in [0.717, 1.165) is 0 Å². The molecule has 1 heterocycles. The van der Waals surface area contributed by atoms with Crippen LogP contribution in [0.2, 0.25) is 0 Å². The molecule has 1 N–H and O–H groups in total. The lowest BCUT2D eigenvalue weighted by Gasteiger charge is -2.03. The molecule has 0 aliphatic heterocycles. The molecule has 0 atom stereocenters. The molecule has 0 radical (unpaired) electrons. The second-order valence-electron chi connectivity index (χ2n) is 3.30. The van der Waals surface area contributed by atoms with Crippen LogP contribution in [0.15, 0.2) is 24.5 Å². The SMILES string of the molecule is O=C(O)c1ccc2ncn(CC(F)F)c2c1. The molecule has 0 saturated heterocycles. The van der Waals surface area contributed by atoms with Gasteiger partial charge in [-0.25, -0.2) is 18.6 Å². The fourth-order valence-corrected chi connectivity index (χ4v) is 1.48. The zero-order valence-electron chi connectivity index (χ0n) is 8.10. The van der Waals surface area contributed by atoms with Gasteiger partial charge in [0, 0.05) is 0 Å². The fourth-order valence-electron chi connectivity index (χ4n) is 1.48. The van der Waals surface area contributed by atoms with E-state index in [1.807, 2.05) is 0 Å². The molecule has 0 spiro atoms. The van der Waals surface area contributed by atoms with E-state index >= 15 is 0 Å². The van der Waals surface area contributed by atoms with Gasteiger partial charge in [0.2, 0.25) is 0 Å². The number of hydrogen-bond donors (Lipinski definition) is 1. The van der Waals surface area contributed by atoms with Crippen molar-refractivity contribution in [2.45, 2.75) is 13.0 Å². The fraction of sp³-hybridized carbons (Fsp3) is 0.200. The zero-order chi connectivity index (χ0) is 11.7. The van der Waals surface area contributed by atoms with Crippen LogP contribution >= 0.6 is 0 Å². The number of halogens is 2. The van der Waals surface area contributed by atoms with Crippen molar-refractivity contribution >= 4 is 17.0 Å². The van der Waals surface area contributed by atoms with E-state index in [2.05, 4.69) is 4.98 Å². The lowest BCUT2D eigenvalue weighted by atomic mass is 10.2. The lowest BCUT2D eigenvalue weighted by molar-refractivity contribution is 0.0697. The molecule has 16 heavy (non-hydrogen) atoms. The molecule has 0 amide bonds. The second-order valence-corrected chi connectivity index (χ2v) is 3.30. The third kappa shape index (κ3) is 1.86. The summed E-state index contributed by atoms with van der Waals surface area (Å²) in [4.78, 5) is 14.6. The van der Waals surface area contributed by atoms with Gasteiger partial charge in [-0.3, -0.25) is 0 Å². The highest BCUT2D eigenvalue weighted by Gasteiger charge is 2.10. The van der Waals surface area contributed by atoms with Crippen molar-refractivity contribution < 1.29 is 18.7 Å². The summed E-state index contributed by atoms with van der Waals surface area (Å²) in [5.74, 6) is -1.09. The van der Waals surface area contributed by atoms with Gasteiger partial charge in [-0.1, -0.05) is 0 Å². The Balaban J connectivity index is 2.51. The third-order valence-corrected chi connectivity index (χ3v) is 2.20. The maximum Gasteiger partial charge on any atom is 0.335 e. The van der Waals surface area contributed by atoms with Gasteiger partial charge in [-0.05, 0) is 18.2 Å². The van der Waals surface area contributed by atoms with Gasteiger partial charge in [-0.2, -0.15) is 0 Å². The first-order chi connectivity index (χ1) is 7.58. The minimum atomic E-state index is -2.49. The summed E-state index contributed by atoms with van der Waals surface area (Å²) in [6, 6.07) is 4.23. The number of carboxylic acids is 1. The first kappa shape index (κ1) is 10.5. The van der Waals surface area contributed by atoms with Gasteiger partial charge in [0.1, 0.15) is 0 Å². The monoisotopic (exact) mass is 226 g/mol. The quantitative estimate of drug-likeness (QED) is 0.870. The highest BCUT2D eigenvalue weighted by Crippen LogP contribution is 2.16. The van der Waals surface area contributed by atoms with E-state index in [9.17, 15) is 13.6 Å². The van der Waals surface area contributed by atoms with E-state index < -0.39 is 18.9 Å². The molecule has 0 unspecified atom stereocenters. The molecule has 84 valence electrons. The van der Waals surface area contributed by atoms with Gasteiger partial charge >= 0.3 is 5.97 Å². The van der Waals surface area contributed by atoms with Crippen LogP contribution in [-0.2, 0) is 6.54 Å².